The zero-order valence-electron chi connectivity index (χ0n) is 12.2. The van der Waals surface area contributed by atoms with E-state index in [1.54, 1.807) is 7.11 Å². The summed E-state index contributed by atoms with van der Waals surface area (Å²) in [5.74, 6) is 1.07. The highest BCUT2D eigenvalue weighted by atomic mass is 16.5. The third kappa shape index (κ3) is 3.32. The number of likely N-dealkylation sites (tertiary alicyclic amines) is 1. The van der Waals surface area contributed by atoms with Crippen molar-refractivity contribution in [2.45, 2.75) is 25.4 Å². The van der Waals surface area contributed by atoms with Gasteiger partial charge in [0.15, 0.2) is 0 Å². The van der Waals surface area contributed by atoms with E-state index in [-0.39, 0.29) is 0 Å². The molecule has 4 heteroatoms. The third-order valence-corrected chi connectivity index (χ3v) is 4.23. The van der Waals surface area contributed by atoms with Crippen molar-refractivity contribution in [3.05, 3.63) is 29.3 Å². The van der Waals surface area contributed by atoms with Crippen molar-refractivity contribution in [2.24, 2.45) is 0 Å². The number of fused-ring (bicyclic) bond motifs is 1. The number of methoxy groups -OCH3 is 1. The number of hydrogen-bond acceptors (Lipinski definition) is 4. The van der Waals surface area contributed by atoms with E-state index in [1.165, 1.54) is 24.1 Å². The molecule has 0 amide bonds. The molecule has 20 heavy (non-hydrogen) atoms. The second-order valence-electron chi connectivity index (χ2n) is 5.70. The van der Waals surface area contributed by atoms with E-state index in [2.05, 4.69) is 28.4 Å². The number of nitrogens with zero attached hydrogens (tertiary/aromatic N) is 1. The second kappa shape index (κ2) is 6.57. The lowest BCUT2D eigenvalue weighted by Gasteiger charge is -2.16. The topological polar surface area (TPSA) is 33.7 Å². The molecule has 0 radical (unpaired) electrons. The van der Waals surface area contributed by atoms with Crippen molar-refractivity contribution >= 4 is 0 Å². The molecule has 0 aliphatic carbocycles. The van der Waals surface area contributed by atoms with Crippen LogP contribution in [-0.2, 0) is 17.7 Å². The zero-order valence-corrected chi connectivity index (χ0v) is 12.2. The first-order chi connectivity index (χ1) is 9.85. The molecule has 3 rings (SSSR count). The van der Waals surface area contributed by atoms with Crippen molar-refractivity contribution in [1.82, 2.24) is 10.2 Å². The molecule has 1 atom stereocenters. The maximum Gasteiger partial charge on any atom is 0.122 e. The van der Waals surface area contributed by atoms with Crippen molar-refractivity contribution in [3.63, 3.8) is 0 Å². The van der Waals surface area contributed by atoms with Crippen LogP contribution in [0.2, 0.25) is 0 Å². The molecular weight excluding hydrogens is 252 g/mol. The van der Waals surface area contributed by atoms with Gasteiger partial charge in [-0.25, -0.2) is 0 Å². The molecule has 1 saturated heterocycles. The highest BCUT2D eigenvalue weighted by molar-refractivity contribution is 5.39. The van der Waals surface area contributed by atoms with Crippen LogP contribution in [0.25, 0.3) is 0 Å². The molecule has 2 heterocycles. The number of hydrogen-bond donors (Lipinski definition) is 1. The molecule has 1 N–H and O–H groups in total. The van der Waals surface area contributed by atoms with Gasteiger partial charge in [0.25, 0.3) is 0 Å². The van der Waals surface area contributed by atoms with Gasteiger partial charge in [0, 0.05) is 39.2 Å². The fraction of sp³-hybridized carbons (Fsp3) is 0.625. The Morgan fingerprint density at radius 2 is 2.40 bits per heavy atom. The van der Waals surface area contributed by atoms with E-state index < -0.39 is 0 Å². The first kappa shape index (κ1) is 13.9. The predicted molar refractivity (Wildman–Crippen MR) is 79.2 cm³/mol. The zero-order chi connectivity index (χ0) is 13.8. The Morgan fingerprint density at radius 1 is 1.45 bits per heavy atom. The van der Waals surface area contributed by atoms with Crippen molar-refractivity contribution in [1.29, 1.82) is 0 Å². The Balaban J connectivity index is 1.46. The fourth-order valence-electron chi connectivity index (χ4n) is 3.03. The predicted octanol–water partition coefficient (Wildman–Crippen LogP) is 1.43. The van der Waals surface area contributed by atoms with Crippen LogP contribution in [0.1, 0.15) is 17.5 Å². The van der Waals surface area contributed by atoms with Crippen LogP contribution in [-0.4, -0.2) is 50.9 Å². The molecule has 0 bridgehead atoms. The summed E-state index contributed by atoms with van der Waals surface area (Å²) in [7, 11) is 1.77. The van der Waals surface area contributed by atoms with Gasteiger partial charge >= 0.3 is 0 Å². The van der Waals surface area contributed by atoms with Gasteiger partial charge in [-0.3, -0.25) is 4.90 Å². The summed E-state index contributed by atoms with van der Waals surface area (Å²) in [4.78, 5) is 2.47. The number of rotatable bonds is 6. The molecule has 0 spiro atoms. The average Bonchev–Trinajstić information content (AvgIpc) is 3.11. The SMILES string of the molecule is COCCN1CC[C@@H](NCc2ccc3c(c2)CCO3)C1. The highest BCUT2D eigenvalue weighted by Gasteiger charge is 2.21. The molecule has 1 fully saturated rings. The van der Waals surface area contributed by atoms with Crippen molar-refractivity contribution in [2.75, 3.05) is 40.0 Å². The summed E-state index contributed by atoms with van der Waals surface area (Å²) in [6.45, 7) is 5.98. The molecule has 1 aromatic rings. The molecule has 0 aromatic heterocycles. The Bertz CT molecular complexity index is 450. The number of nitrogens with one attached hydrogen (secondary N) is 1. The van der Waals surface area contributed by atoms with E-state index >= 15 is 0 Å². The van der Waals surface area contributed by atoms with E-state index in [4.69, 9.17) is 9.47 Å². The summed E-state index contributed by atoms with van der Waals surface area (Å²) in [6, 6.07) is 7.18. The Morgan fingerprint density at radius 3 is 3.30 bits per heavy atom. The Kier molecular flexibility index (Phi) is 4.55. The maximum atomic E-state index is 5.54. The van der Waals surface area contributed by atoms with Gasteiger partial charge in [-0.05, 0) is 30.2 Å². The summed E-state index contributed by atoms with van der Waals surface area (Å²) in [5, 5.41) is 3.67. The van der Waals surface area contributed by atoms with Gasteiger partial charge in [-0.2, -0.15) is 0 Å². The molecule has 2 aliphatic rings. The number of ether oxygens (including phenoxy) is 2. The number of benzene rings is 1. The summed E-state index contributed by atoms with van der Waals surface area (Å²) >= 11 is 0. The lowest BCUT2D eigenvalue weighted by atomic mass is 10.1. The lowest BCUT2D eigenvalue weighted by Crippen LogP contribution is -2.33. The minimum Gasteiger partial charge on any atom is -0.493 e. The standard InChI is InChI=1S/C16H24N2O2/c1-19-9-7-18-6-4-15(12-18)17-11-13-2-3-16-14(10-13)5-8-20-16/h2-3,10,15,17H,4-9,11-12H2,1H3/t15-/m1/s1. The monoisotopic (exact) mass is 276 g/mol. The molecule has 0 unspecified atom stereocenters. The summed E-state index contributed by atoms with van der Waals surface area (Å²) in [6.07, 6.45) is 2.29. The van der Waals surface area contributed by atoms with Crippen LogP contribution >= 0.6 is 0 Å². The normalized spacial score (nSPS) is 21.9. The van der Waals surface area contributed by atoms with Gasteiger partial charge in [0.2, 0.25) is 0 Å². The van der Waals surface area contributed by atoms with E-state index in [0.717, 1.165) is 45.0 Å². The van der Waals surface area contributed by atoms with Crippen LogP contribution in [0.3, 0.4) is 0 Å². The third-order valence-electron chi connectivity index (χ3n) is 4.23. The molecule has 0 saturated carbocycles. The van der Waals surface area contributed by atoms with Crippen LogP contribution < -0.4 is 10.1 Å². The smallest absolute Gasteiger partial charge is 0.122 e. The quantitative estimate of drug-likeness (QED) is 0.852. The van der Waals surface area contributed by atoms with Crippen LogP contribution in [0.5, 0.6) is 5.75 Å². The van der Waals surface area contributed by atoms with Crippen molar-refractivity contribution in [3.8, 4) is 5.75 Å². The largest absolute Gasteiger partial charge is 0.493 e. The van der Waals surface area contributed by atoms with Crippen LogP contribution in [0, 0.1) is 0 Å². The second-order valence-corrected chi connectivity index (χ2v) is 5.70. The minimum atomic E-state index is 0.608. The van der Waals surface area contributed by atoms with Gasteiger partial charge in [0.1, 0.15) is 5.75 Å². The van der Waals surface area contributed by atoms with Gasteiger partial charge in [0.05, 0.1) is 13.2 Å². The maximum absolute atomic E-state index is 5.54. The molecule has 2 aliphatic heterocycles. The average molecular weight is 276 g/mol. The highest BCUT2D eigenvalue weighted by Crippen LogP contribution is 2.25. The minimum absolute atomic E-state index is 0.608. The van der Waals surface area contributed by atoms with Crippen molar-refractivity contribution < 1.29 is 9.47 Å². The van der Waals surface area contributed by atoms with Gasteiger partial charge in [-0.1, -0.05) is 12.1 Å². The summed E-state index contributed by atoms with van der Waals surface area (Å²) < 4.78 is 10.7. The van der Waals surface area contributed by atoms with E-state index in [1.807, 2.05) is 0 Å². The lowest BCUT2D eigenvalue weighted by molar-refractivity contribution is 0.159. The van der Waals surface area contributed by atoms with E-state index in [9.17, 15) is 0 Å². The Labute approximate surface area is 121 Å². The fourth-order valence-corrected chi connectivity index (χ4v) is 3.03. The van der Waals surface area contributed by atoms with Crippen LogP contribution in [0.15, 0.2) is 18.2 Å². The van der Waals surface area contributed by atoms with Crippen LogP contribution in [0.4, 0.5) is 0 Å². The molecular formula is C16H24N2O2. The van der Waals surface area contributed by atoms with Gasteiger partial charge in [-0.15, -0.1) is 0 Å². The molecule has 110 valence electrons. The molecule has 1 aromatic carbocycles. The van der Waals surface area contributed by atoms with Gasteiger partial charge < -0.3 is 14.8 Å². The first-order valence-corrected chi connectivity index (χ1v) is 7.54. The van der Waals surface area contributed by atoms with E-state index in [0.29, 0.717) is 6.04 Å². The Hall–Kier alpha value is -1.10. The first-order valence-electron chi connectivity index (χ1n) is 7.54. The summed E-state index contributed by atoms with van der Waals surface area (Å²) in [5.41, 5.74) is 2.72. The molecule has 4 nitrogen and oxygen atoms in total.